The van der Waals surface area contributed by atoms with Crippen LogP contribution in [0.2, 0.25) is 0 Å². The van der Waals surface area contributed by atoms with Gasteiger partial charge in [-0.25, -0.2) is 0 Å². The Morgan fingerprint density at radius 2 is 1.90 bits per heavy atom. The van der Waals surface area contributed by atoms with Gasteiger partial charge in [0.2, 0.25) is 0 Å². The van der Waals surface area contributed by atoms with Crippen molar-refractivity contribution in [1.29, 1.82) is 0 Å². The zero-order valence-corrected chi connectivity index (χ0v) is 8.16. The Hall–Kier alpha value is 0.310. The molecule has 0 bridgehead atoms. The van der Waals surface area contributed by atoms with Crippen molar-refractivity contribution in [3.63, 3.8) is 0 Å². The molecule has 0 aliphatic rings. The van der Waals surface area contributed by atoms with Crippen LogP contribution in [0.5, 0.6) is 0 Å². The molecule has 0 fully saturated rings. The Morgan fingerprint density at radius 3 is 2.20 bits per heavy atom. The average Bonchev–Trinajstić information content (AvgIpc) is 1.59. The lowest BCUT2D eigenvalue weighted by atomic mass is 10.3. The summed E-state index contributed by atoms with van der Waals surface area (Å²) in [5, 5.41) is 9.19. The Bertz CT molecular complexity index is 85.7. The second-order valence-corrected chi connectivity index (χ2v) is 5.82. The summed E-state index contributed by atoms with van der Waals surface area (Å²) in [7, 11) is 0. The van der Waals surface area contributed by atoms with E-state index in [9.17, 15) is 0 Å². The van der Waals surface area contributed by atoms with E-state index in [2.05, 4.69) is 27.7 Å². The first kappa shape index (κ1) is 10.3. The van der Waals surface area contributed by atoms with Crippen LogP contribution in [-0.2, 0) is 0 Å². The van der Waals surface area contributed by atoms with Crippen LogP contribution in [0.15, 0.2) is 0 Å². The number of thioether (sulfide) groups is 1. The van der Waals surface area contributed by atoms with Crippen LogP contribution in [0.1, 0.15) is 34.1 Å². The van der Waals surface area contributed by atoms with Crippen molar-refractivity contribution in [1.82, 2.24) is 0 Å². The molecule has 1 unspecified atom stereocenters. The van der Waals surface area contributed by atoms with Crippen LogP contribution < -0.4 is 0 Å². The Balaban J connectivity index is 3.47. The second-order valence-electron chi connectivity index (χ2n) is 3.55. The van der Waals surface area contributed by atoms with Gasteiger partial charge in [0.05, 0.1) is 0 Å². The molecular weight excluding hydrogens is 144 g/mol. The maximum absolute atomic E-state index is 8.62. The van der Waals surface area contributed by atoms with Gasteiger partial charge in [-0.1, -0.05) is 27.7 Å². The zero-order valence-electron chi connectivity index (χ0n) is 7.35. The molecule has 0 aliphatic heterocycles. The molecule has 1 atom stereocenters. The summed E-state index contributed by atoms with van der Waals surface area (Å²) in [4.78, 5) is 0. The van der Waals surface area contributed by atoms with Gasteiger partial charge in [-0.2, -0.15) is 11.8 Å². The summed E-state index contributed by atoms with van der Waals surface area (Å²) in [5.41, 5.74) is 0. The van der Waals surface area contributed by atoms with Gasteiger partial charge in [0.15, 0.2) is 0 Å². The van der Waals surface area contributed by atoms with Gasteiger partial charge in [-0.3, -0.25) is 0 Å². The van der Waals surface area contributed by atoms with E-state index in [1.807, 2.05) is 11.8 Å². The van der Waals surface area contributed by atoms with Gasteiger partial charge in [-0.15, -0.1) is 0 Å². The van der Waals surface area contributed by atoms with E-state index >= 15 is 0 Å². The number of aliphatic hydroxyl groups is 1. The van der Waals surface area contributed by atoms with Crippen molar-refractivity contribution in [3.05, 3.63) is 0 Å². The summed E-state index contributed by atoms with van der Waals surface area (Å²) >= 11 is 1.92. The fourth-order valence-corrected chi connectivity index (χ4v) is 2.27. The van der Waals surface area contributed by atoms with E-state index in [-0.39, 0.29) is 0 Å². The molecule has 0 radical (unpaired) electrons. The minimum Gasteiger partial charge on any atom is -0.396 e. The first-order chi connectivity index (χ1) is 4.45. The monoisotopic (exact) mass is 162 g/mol. The topological polar surface area (TPSA) is 20.2 Å². The number of hydrogen-bond donors (Lipinski definition) is 1. The second kappa shape index (κ2) is 4.24. The molecule has 1 nitrogen and oxygen atoms in total. The highest BCUT2D eigenvalue weighted by Gasteiger charge is 2.14. The third-order valence-corrected chi connectivity index (χ3v) is 2.44. The minimum absolute atomic E-state index is 0.310. The van der Waals surface area contributed by atoms with Gasteiger partial charge in [0, 0.05) is 16.6 Å². The maximum atomic E-state index is 8.62. The quantitative estimate of drug-likeness (QED) is 0.687. The largest absolute Gasteiger partial charge is 0.396 e. The molecule has 0 aromatic carbocycles. The van der Waals surface area contributed by atoms with E-state index in [1.54, 1.807) is 0 Å². The molecule has 0 saturated heterocycles. The molecule has 0 amide bonds. The minimum atomic E-state index is 0.310. The van der Waals surface area contributed by atoms with Gasteiger partial charge in [-0.05, 0) is 6.42 Å². The van der Waals surface area contributed by atoms with Crippen LogP contribution in [-0.4, -0.2) is 21.7 Å². The summed E-state index contributed by atoms with van der Waals surface area (Å²) < 4.78 is 0.328. The Morgan fingerprint density at radius 1 is 1.40 bits per heavy atom. The first-order valence-corrected chi connectivity index (χ1v) is 4.62. The van der Waals surface area contributed by atoms with Crippen LogP contribution in [0.4, 0.5) is 0 Å². The lowest BCUT2D eigenvalue weighted by Gasteiger charge is -2.22. The number of rotatable bonds is 3. The summed E-state index contributed by atoms with van der Waals surface area (Å²) in [6.45, 7) is 9.07. The molecule has 0 aromatic rings. The van der Waals surface area contributed by atoms with E-state index in [1.165, 1.54) is 0 Å². The SMILES string of the molecule is CC(CCO)SC(C)(C)C. The predicted octanol–water partition coefficient (Wildman–Crippen LogP) is 2.29. The van der Waals surface area contributed by atoms with Crippen LogP contribution >= 0.6 is 11.8 Å². The van der Waals surface area contributed by atoms with E-state index in [0.29, 0.717) is 16.6 Å². The summed E-state index contributed by atoms with van der Waals surface area (Å²) in [6.07, 6.45) is 0.905. The molecule has 1 N–H and O–H groups in total. The lowest BCUT2D eigenvalue weighted by Crippen LogP contribution is -2.14. The maximum Gasteiger partial charge on any atom is 0.0441 e. The smallest absolute Gasteiger partial charge is 0.0441 e. The molecule has 2 heteroatoms. The standard InChI is InChI=1S/C8H18OS/c1-7(5-6-9)10-8(2,3)4/h7,9H,5-6H2,1-4H3. The van der Waals surface area contributed by atoms with Gasteiger partial charge in [0.25, 0.3) is 0 Å². The molecule has 0 rings (SSSR count). The van der Waals surface area contributed by atoms with Crippen molar-refractivity contribution in [2.24, 2.45) is 0 Å². The highest BCUT2D eigenvalue weighted by atomic mass is 32.2. The van der Waals surface area contributed by atoms with Crippen LogP contribution in [0.3, 0.4) is 0 Å². The normalized spacial score (nSPS) is 15.3. The molecule has 0 spiro atoms. The van der Waals surface area contributed by atoms with Crippen LogP contribution in [0, 0.1) is 0 Å². The molecule has 0 aliphatic carbocycles. The summed E-state index contributed by atoms with van der Waals surface area (Å²) in [6, 6.07) is 0. The van der Waals surface area contributed by atoms with Crippen molar-refractivity contribution < 1.29 is 5.11 Å². The Labute approximate surface area is 68.2 Å². The van der Waals surface area contributed by atoms with Crippen molar-refractivity contribution in [2.45, 2.75) is 44.1 Å². The van der Waals surface area contributed by atoms with Crippen LogP contribution in [0.25, 0.3) is 0 Å². The molecule has 10 heavy (non-hydrogen) atoms. The average molecular weight is 162 g/mol. The third-order valence-electron chi connectivity index (χ3n) is 1.09. The fourth-order valence-electron chi connectivity index (χ4n) is 0.844. The molecular formula is C8H18OS. The van der Waals surface area contributed by atoms with E-state index < -0.39 is 0 Å². The predicted molar refractivity (Wildman–Crippen MR) is 48.5 cm³/mol. The first-order valence-electron chi connectivity index (χ1n) is 3.74. The molecule has 0 saturated carbocycles. The van der Waals surface area contributed by atoms with Crippen molar-refractivity contribution >= 4 is 11.8 Å². The summed E-state index contributed by atoms with van der Waals surface area (Å²) in [5.74, 6) is 0. The van der Waals surface area contributed by atoms with Gasteiger partial charge >= 0.3 is 0 Å². The highest BCUT2D eigenvalue weighted by Crippen LogP contribution is 2.28. The number of aliphatic hydroxyl groups excluding tert-OH is 1. The Kier molecular flexibility index (Phi) is 4.37. The zero-order chi connectivity index (χ0) is 8.20. The fraction of sp³-hybridized carbons (Fsp3) is 1.00. The molecule has 0 aromatic heterocycles. The molecule has 0 heterocycles. The van der Waals surface area contributed by atoms with E-state index in [4.69, 9.17) is 5.11 Å². The third kappa shape index (κ3) is 6.43. The lowest BCUT2D eigenvalue weighted by molar-refractivity contribution is 0.288. The van der Waals surface area contributed by atoms with E-state index in [0.717, 1.165) is 6.42 Å². The highest BCUT2D eigenvalue weighted by molar-refractivity contribution is 8.01. The van der Waals surface area contributed by atoms with Gasteiger partial charge < -0.3 is 5.11 Å². The van der Waals surface area contributed by atoms with Gasteiger partial charge in [0.1, 0.15) is 0 Å². The van der Waals surface area contributed by atoms with Crippen molar-refractivity contribution in [3.8, 4) is 0 Å². The van der Waals surface area contributed by atoms with Crippen molar-refractivity contribution in [2.75, 3.05) is 6.61 Å². The number of hydrogen-bond acceptors (Lipinski definition) is 2. The molecule has 62 valence electrons.